The molecule has 1 aromatic rings. The van der Waals surface area contributed by atoms with Crippen molar-refractivity contribution in [3.8, 4) is 0 Å². The lowest BCUT2D eigenvalue weighted by atomic mass is 9.79. The summed E-state index contributed by atoms with van der Waals surface area (Å²) in [6.45, 7) is 8.03. The highest BCUT2D eigenvalue weighted by Crippen LogP contribution is 2.36. The molecule has 1 aliphatic heterocycles. The highest BCUT2D eigenvalue weighted by atomic mass is 19.1. The number of anilines is 1. The molecule has 1 saturated heterocycles. The van der Waals surface area contributed by atoms with Crippen molar-refractivity contribution >= 4 is 24.2 Å². The molecule has 0 unspecified atom stereocenters. The summed E-state index contributed by atoms with van der Waals surface area (Å²) < 4.78 is 26.7. The number of hydrogen-bond acceptors (Lipinski definition) is 3. The maximum absolute atomic E-state index is 14.7. The first kappa shape index (κ1) is 18.4. The molecule has 0 atom stereocenters. The van der Waals surface area contributed by atoms with Crippen molar-refractivity contribution in [1.29, 1.82) is 0 Å². The Morgan fingerprint density at radius 1 is 1.00 bits per heavy atom. The maximum atomic E-state index is 14.7. The first-order valence-corrected chi connectivity index (χ1v) is 9.09. The average molecular weight is 347 g/mol. The van der Waals surface area contributed by atoms with E-state index in [0.29, 0.717) is 18.5 Å². The van der Waals surface area contributed by atoms with Gasteiger partial charge in [-0.2, -0.15) is 0 Å². The van der Waals surface area contributed by atoms with E-state index >= 15 is 0 Å². The first-order chi connectivity index (χ1) is 11.6. The monoisotopic (exact) mass is 347 g/mol. The molecule has 1 N–H and O–H groups in total. The molecule has 0 spiro atoms. The molecule has 1 heterocycles. The van der Waals surface area contributed by atoms with Gasteiger partial charge in [-0.25, -0.2) is 4.39 Å². The standard InChI is InChI=1S/C19H27BFNO3/c1-17(2)18(3,4)25-20(24-17)14-8-10-15(11-9-14)22-16(23)19(21)12-6-5-7-13-19/h8-11H,5-7,12-13H2,1-4H3,(H,22,23). The van der Waals surface area contributed by atoms with Crippen molar-refractivity contribution in [2.45, 2.75) is 76.7 Å². The maximum Gasteiger partial charge on any atom is 0.494 e. The summed E-state index contributed by atoms with van der Waals surface area (Å²) in [5.74, 6) is -0.532. The third kappa shape index (κ3) is 3.60. The summed E-state index contributed by atoms with van der Waals surface area (Å²) in [5, 5.41) is 2.71. The fourth-order valence-corrected chi connectivity index (χ4v) is 3.29. The molecule has 1 aliphatic carbocycles. The zero-order valence-electron chi connectivity index (χ0n) is 15.5. The van der Waals surface area contributed by atoms with Crippen LogP contribution in [0, 0.1) is 0 Å². The summed E-state index contributed by atoms with van der Waals surface area (Å²) in [6, 6.07) is 7.24. The van der Waals surface area contributed by atoms with Gasteiger partial charge in [0.25, 0.3) is 5.91 Å². The number of amides is 1. The average Bonchev–Trinajstić information content (AvgIpc) is 2.77. The van der Waals surface area contributed by atoms with Gasteiger partial charge in [0.15, 0.2) is 5.67 Å². The van der Waals surface area contributed by atoms with Gasteiger partial charge in [0.1, 0.15) is 0 Å². The Balaban J connectivity index is 1.66. The molecule has 6 heteroatoms. The Bertz CT molecular complexity index is 623. The summed E-state index contributed by atoms with van der Waals surface area (Å²) >= 11 is 0. The molecule has 1 saturated carbocycles. The molecule has 136 valence electrons. The van der Waals surface area contributed by atoms with Gasteiger partial charge in [-0.05, 0) is 71.0 Å². The minimum Gasteiger partial charge on any atom is -0.399 e. The van der Waals surface area contributed by atoms with Gasteiger partial charge in [-0.1, -0.05) is 18.6 Å². The van der Waals surface area contributed by atoms with Gasteiger partial charge in [0.05, 0.1) is 11.2 Å². The molecule has 1 aromatic carbocycles. The van der Waals surface area contributed by atoms with E-state index in [0.717, 1.165) is 24.7 Å². The summed E-state index contributed by atoms with van der Waals surface area (Å²) in [4.78, 5) is 12.3. The topological polar surface area (TPSA) is 47.6 Å². The van der Waals surface area contributed by atoms with E-state index in [1.165, 1.54) is 0 Å². The lowest BCUT2D eigenvalue weighted by Gasteiger charge is -2.32. The molecule has 1 amide bonds. The van der Waals surface area contributed by atoms with Crippen LogP contribution < -0.4 is 10.8 Å². The Kier molecular flexibility index (Phi) is 4.71. The Morgan fingerprint density at radius 2 is 1.52 bits per heavy atom. The SMILES string of the molecule is CC1(C)OB(c2ccc(NC(=O)C3(F)CCCCC3)cc2)OC1(C)C. The van der Waals surface area contributed by atoms with Gasteiger partial charge in [-0.15, -0.1) is 0 Å². The molecule has 0 aromatic heterocycles. The molecule has 3 rings (SSSR count). The molecule has 0 radical (unpaired) electrons. The van der Waals surface area contributed by atoms with Crippen molar-refractivity contribution in [2.75, 3.05) is 5.32 Å². The number of carbonyl (C=O) groups excluding carboxylic acids is 1. The fraction of sp³-hybridized carbons (Fsp3) is 0.632. The molecule has 2 fully saturated rings. The van der Waals surface area contributed by atoms with Gasteiger partial charge in [0, 0.05) is 5.69 Å². The Hall–Kier alpha value is -1.40. The highest BCUT2D eigenvalue weighted by Gasteiger charge is 2.51. The number of benzene rings is 1. The van der Waals surface area contributed by atoms with Gasteiger partial charge in [-0.3, -0.25) is 4.79 Å². The van der Waals surface area contributed by atoms with Gasteiger partial charge in [0.2, 0.25) is 0 Å². The predicted octanol–water partition coefficient (Wildman–Crippen LogP) is 3.60. The van der Waals surface area contributed by atoms with Crippen LogP contribution in [-0.4, -0.2) is 29.9 Å². The van der Waals surface area contributed by atoms with Gasteiger partial charge >= 0.3 is 7.12 Å². The van der Waals surface area contributed by atoms with E-state index in [1.807, 2.05) is 39.8 Å². The lowest BCUT2D eigenvalue weighted by molar-refractivity contribution is -0.129. The molecule has 25 heavy (non-hydrogen) atoms. The number of nitrogens with one attached hydrogen (secondary N) is 1. The van der Waals surface area contributed by atoms with Crippen molar-refractivity contribution in [3.63, 3.8) is 0 Å². The number of carbonyl (C=O) groups is 1. The molecule has 4 nitrogen and oxygen atoms in total. The number of halogens is 1. The van der Waals surface area contributed by atoms with Crippen LogP contribution in [0.5, 0.6) is 0 Å². The molecular formula is C19H27BFNO3. The molecule has 0 bridgehead atoms. The van der Waals surface area contributed by atoms with Crippen molar-refractivity contribution in [1.82, 2.24) is 0 Å². The van der Waals surface area contributed by atoms with Crippen LogP contribution in [0.15, 0.2) is 24.3 Å². The molecule has 2 aliphatic rings. The zero-order chi connectivity index (χ0) is 18.3. The first-order valence-electron chi connectivity index (χ1n) is 9.09. The second-order valence-corrected chi connectivity index (χ2v) is 8.19. The van der Waals surface area contributed by atoms with Crippen LogP contribution in [-0.2, 0) is 14.1 Å². The van der Waals surface area contributed by atoms with Crippen LogP contribution in [0.3, 0.4) is 0 Å². The Labute approximate surface area is 149 Å². The predicted molar refractivity (Wildman–Crippen MR) is 97.7 cm³/mol. The minimum absolute atomic E-state index is 0.310. The second kappa shape index (κ2) is 6.40. The van der Waals surface area contributed by atoms with E-state index in [1.54, 1.807) is 12.1 Å². The van der Waals surface area contributed by atoms with E-state index in [9.17, 15) is 9.18 Å². The minimum atomic E-state index is -1.73. The third-order valence-electron chi connectivity index (χ3n) is 5.75. The fourth-order valence-electron chi connectivity index (χ4n) is 3.29. The van der Waals surface area contributed by atoms with E-state index in [-0.39, 0.29) is 0 Å². The van der Waals surface area contributed by atoms with Gasteiger partial charge < -0.3 is 14.6 Å². The van der Waals surface area contributed by atoms with Crippen LogP contribution in [0.1, 0.15) is 59.8 Å². The van der Waals surface area contributed by atoms with E-state index in [4.69, 9.17) is 9.31 Å². The third-order valence-corrected chi connectivity index (χ3v) is 5.75. The van der Waals surface area contributed by atoms with Crippen molar-refractivity contribution in [2.24, 2.45) is 0 Å². The lowest BCUT2D eigenvalue weighted by Crippen LogP contribution is -2.41. The van der Waals surface area contributed by atoms with Crippen molar-refractivity contribution in [3.05, 3.63) is 24.3 Å². The zero-order valence-corrected chi connectivity index (χ0v) is 15.5. The van der Waals surface area contributed by atoms with Crippen LogP contribution in [0.25, 0.3) is 0 Å². The van der Waals surface area contributed by atoms with Crippen LogP contribution >= 0.6 is 0 Å². The number of rotatable bonds is 3. The molecular weight excluding hydrogens is 320 g/mol. The Morgan fingerprint density at radius 3 is 2.04 bits per heavy atom. The quantitative estimate of drug-likeness (QED) is 0.850. The van der Waals surface area contributed by atoms with E-state index < -0.39 is 29.9 Å². The smallest absolute Gasteiger partial charge is 0.399 e. The normalized spacial score (nSPS) is 24.1. The van der Waals surface area contributed by atoms with E-state index in [2.05, 4.69) is 5.32 Å². The second-order valence-electron chi connectivity index (χ2n) is 8.19. The van der Waals surface area contributed by atoms with Crippen molar-refractivity contribution < 1.29 is 18.5 Å². The summed E-state index contributed by atoms with van der Waals surface area (Å²) in [5.41, 5.74) is -1.06. The van der Waals surface area contributed by atoms with Crippen LogP contribution in [0.4, 0.5) is 10.1 Å². The van der Waals surface area contributed by atoms with Crippen LogP contribution in [0.2, 0.25) is 0 Å². The number of alkyl halides is 1. The summed E-state index contributed by atoms with van der Waals surface area (Å²) in [7, 11) is -0.444. The summed E-state index contributed by atoms with van der Waals surface area (Å²) in [6.07, 6.45) is 3.16. The largest absolute Gasteiger partial charge is 0.494 e. The number of hydrogen-bond donors (Lipinski definition) is 1. The highest BCUT2D eigenvalue weighted by molar-refractivity contribution is 6.62.